The van der Waals surface area contributed by atoms with E-state index in [9.17, 15) is 30.6 Å². The zero-order valence-electron chi connectivity index (χ0n) is 10.4. The molecule has 0 aliphatic heterocycles. The summed E-state index contributed by atoms with van der Waals surface area (Å²) in [6, 6.07) is 0. The molecule has 0 aromatic carbocycles. The number of hydrogen-bond donors (Lipinski definition) is 9. The highest BCUT2D eigenvalue weighted by Crippen LogP contribution is 2.14. The van der Waals surface area contributed by atoms with Crippen molar-refractivity contribution < 1.29 is 46.0 Å². The van der Waals surface area contributed by atoms with E-state index in [1.807, 2.05) is 0 Å². The van der Waals surface area contributed by atoms with E-state index >= 15 is 0 Å². The first-order valence-electron chi connectivity index (χ1n) is 5.70. The van der Waals surface area contributed by atoms with E-state index in [1.165, 1.54) is 0 Å². The number of rotatable bonds is 8. The van der Waals surface area contributed by atoms with Crippen molar-refractivity contribution in [2.24, 2.45) is 0 Å². The van der Waals surface area contributed by atoms with Gasteiger partial charge in [0.25, 0.3) is 0 Å². The van der Waals surface area contributed by atoms with Crippen LogP contribution >= 0.6 is 0 Å². The van der Waals surface area contributed by atoms with E-state index in [0.717, 1.165) is 6.92 Å². The number of aliphatic hydroxyl groups is 9. The van der Waals surface area contributed by atoms with Gasteiger partial charge in [0.05, 0.1) is 12.7 Å². The van der Waals surface area contributed by atoms with Crippen molar-refractivity contribution in [2.45, 2.75) is 55.8 Å². The molecule has 9 N–H and O–H groups in total. The van der Waals surface area contributed by atoms with Gasteiger partial charge in [-0.2, -0.15) is 0 Å². The molecule has 0 amide bonds. The Hall–Kier alpha value is -0.360. The summed E-state index contributed by atoms with van der Waals surface area (Å²) in [7, 11) is 0. The van der Waals surface area contributed by atoms with E-state index in [0.29, 0.717) is 0 Å². The molecule has 0 aliphatic carbocycles. The van der Waals surface area contributed by atoms with Gasteiger partial charge in [0.2, 0.25) is 0 Å². The van der Waals surface area contributed by atoms with Gasteiger partial charge in [-0.05, 0) is 6.92 Å². The fraction of sp³-hybridized carbons (Fsp3) is 1.00. The van der Waals surface area contributed by atoms with Crippen LogP contribution in [0.25, 0.3) is 0 Å². The lowest BCUT2D eigenvalue weighted by atomic mass is 9.93. The average Bonchev–Trinajstić information content (AvgIpc) is 2.40. The Balaban J connectivity index is 4.67. The van der Waals surface area contributed by atoms with Crippen molar-refractivity contribution in [1.82, 2.24) is 0 Å². The SMILES string of the molecule is CC(O)C(O)C(O)C(O)C(O)C(O)C(O)C(O)CO. The molecule has 9 heteroatoms. The summed E-state index contributed by atoms with van der Waals surface area (Å²) in [6.07, 6.45) is -15.2. The van der Waals surface area contributed by atoms with Crippen molar-refractivity contribution in [3.8, 4) is 0 Å². The molecule has 0 heterocycles. The molecule has 8 unspecified atom stereocenters. The maximum Gasteiger partial charge on any atom is 0.111 e. The van der Waals surface area contributed by atoms with Crippen molar-refractivity contribution in [3.05, 3.63) is 0 Å². The minimum atomic E-state index is -2.11. The van der Waals surface area contributed by atoms with Crippen LogP contribution in [0.15, 0.2) is 0 Å². The highest BCUT2D eigenvalue weighted by atomic mass is 16.4. The molecule has 9 nitrogen and oxygen atoms in total. The standard InChI is InChI=1S/C10H22O9/c1-3(12)5(14)7(16)9(18)10(19)8(17)6(15)4(13)2-11/h3-19H,2H2,1H3. The van der Waals surface area contributed by atoms with Crippen molar-refractivity contribution in [1.29, 1.82) is 0 Å². The van der Waals surface area contributed by atoms with Crippen LogP contribution in [0.1, 0.15) is 6.92 Å². The molecule has 0 aromatic heterocycles. The molecule has 0 saturated carbocycles. The van der Waals surface area contributed by atoms with Gasteiger partial charge in [0.15, 0.2) is 0 Å². The van der Waals surface area contributed by atoms with E-state index in [1.54, 1.807) is 0 Å². The minimum Gasteiger partial charge on any atom is -0.394 e. The largest absolute Gasteiger partial charge is 0.394 e. The van der Waals surface area contributed by atoms with E-state index in [4.69, 9.17) is 15.3 Å². The van der Waals surface area contributed by atoms with Gasteiger partial charge < -0.3 is 46.0 Å². The minimum absolute atomic E-state index is 0.889. The topological polar surface area (TPSA) is 182 Å². The van der Waals surface area contributed by atoms with E-state index < -0.39 is 55.4 Å². The smallest absolute Gasteiger partial charge is 0.111 e. The van der Waals surface area contributed by atoms with Crippen LogP contribution in [0, 0.1) is 0 Å². The molecule has 0 spiro atoms. The molecule has 0 aliphatic rings. The van der Waals surface area contributed by atoms with Crippen LogP contribution in [0.5, 0.6) is 0 Å². The summed E-state index contributed by atoms with van der Waals surface area (Å²) in [6.45, 7) is 0.244. The molecule has 0 radical (unpaired) electrons. The normalized spacial score (nSPS) is 24.9. The molecule has 8 atom stereocenters. The average molecular weight is 286 g/mol. The van der Waals surface area contributed by atoms with Crippen molar-refractivity contribution in [3.63, 3.8) is 0 Å². The van der Waals surface area contributed by atoms with E-state index in [2.05, 4.69) is 0 Å². The zero-order chi connectivity index (χ0) is 15.3. The van der Waals surface area contributed by atoms with Gasteiger partial charge >= 0.3 is 0 Å². The second-order valence-electron chi connectivity index (χ2n) is 4.43. The fourth-order valence-electron chi connectivity index (χ4n) is 1.43. The van der Waals surface area contributed by atoms with Gasteiger partial charge in [-0.3, -0.25) is 0 Å². The highest BCUT2D eigenvalue weighted by molar-refractivity contribution is 4.90. The summed E-state index contributed by atoms with van der Waals surface area (Å²) in [5.41, 5.74) is 0. The Morgan fingerprint density at radius 3 is 1.21 bits per heavy atom. The molecule has 0 bridgehead atoms. The second kappa shape index (κ2) is 8.04. The van der Waals surface area contributed by atoms with Crippen LogP contribution in [0.2, 0.25) is 0 Å². The summed E-state index contributed by atoms with van der Waals surface area (Å²) in [5.74, 6) is 0. The van der Waals surface area contributed by atoms with Crippen molar-refractivity contribution in [2.75, 3.05) is 6.61 Å². The Morgan fingerprint density at radius 2 is 0.895 bits per heavy atom. The van der Waals surface area contributed by atoms with Gasteiger partial charge in [-0.15, -0.1) is 0 Å². The van der Waals surface area contributed by atoms with Crippen LogP contribution in [0.4, 0.5) is 0 Å². The second-order valence-corrected chi connectivity index (χ2v) is 4.43. The lowest BCUT2D eigenvalue weighted by Crippen LogP contribution is -2.56. The third kappa shape index (κ3) is 4.91. The summed E-state index contributed by atoms with van der Waals surface area (Å²) >= 11 is 0. The van der Waals surface area contributed by atoms with Crippen LogP contribution in [-0.2, 0) is 0 Å². The third-order valence-corrected chi connectivity index (χ3v) is 2.83. The Kier molecular flexibility index (Phi) is 7.89. The molecule has 0 saturated heterocycles. The summed E-state index contributed by atoms with van der Waals surface area (Å²) in [4.78, 5) is 0. The quantitative estimate of drug-likeness (QED) is 0.211. The molecule has 19 heavy (non-hydrogen) atoms. The van der Waals surface area contributed by atoms with Gasteiger partial charge in [-0.25, -0.2) is 0 Å². The first-order chi connectivity index (χ1) is 8.64. The van der Waals surface area contributed by atoms with Crippen LogP contribution in [0.3, 0.4) is 0 Å². The number of aliphatic hydroxyl groups excluding tert-OH is 9. The molecule has 0 aromatic rings. The fourth-order valence-corrected chi connectivity index (χ4v) is 1.43. The third-order valence-electron chi connectivity index (χ3n) is 2.83. The highest BCUT2D eigenvalue weighted by Gasteiger charge is 2.39. The Bertz CT molecular complexity index is 249. The maximum atomic E-state index is 9.50. The Labute approximate surface area is 109 Å². The first-order valence-corrected chi connectivity index (χ1v) is 5.70. The maximum absolute atomic E-state index is 9.50. The molecule has 116 valence electrons. The lowest BCUT2D eigenvalue weighted by molar-refractivity contribution is -0.178. The summed E-state index contributed by atoms with van der Waals surface area (Å²) < 4.78 is 0. The number of hydrogen-bond acceptors (Lipinski definition) is 9. The van der Waals surface area contributed by atoms with Gasteiger partial charge in [0.1, 0.15) is 42.7 Å². The monoisotopic (exact) mass is 286 g/mol. The predicted molar refractivity (Wildman–Crippen MR) is 60.8 cm³/mol. The first kappa shape index (κ1) is 18.6. The Morgan fingerprint density at radius 1 is 0.579 bits per heavy atom. The van der Waals surface area contributed by atoms with Crippen molar-refractivity contribution >= 4 is 0 Å². The van der Waals surface area contributed by atoms with Gasteiger partial charge in [-0.1, -0.05) is 0 Å². The van der Waals surface area contributed by atoms with Crippen LogP contribution in [-0.4, -0.2) is 101 Å². The van der Waals surface area contributed by atoms with E-state index in [-0.39, 0.29) is 0 Å². The van der Waals surface area contributed by atoms with Crippen LogP contribution < -0.4 is 0 Å². The molecule has 0 rings (SSSR count). The zero-order valence-corrected chi connectivity index (χ0v) is 10.4. The van der Waals surface area contributed by atoms with Gasteiger partial charge in [0, 0.05) is 0 Å². The molecular formula is C10H22O9. The predicted octanol–water partition coefficient (Wildman–Crippen LogP) is -5.11. The lowest BCUT2D eigenvalue weighted by Gasteiger charge is -2.32. The molecule has 0 fully saturated rings. The molecular weight excluding hydrogens is 264 g/mol. The summed E-state index contributed by atoms with van der Waals surface area (Å²) in [5, 5.41) is 83.1.